The summed E-state index contributed by atoms with van der Waals surface area (Å²) in [4.78, 5) is 4.12. The van der Waals surface area contributed by atoms with E-state index >= 15 is 0 Å². The molecule has 1 heterocycles. The number of nitrogens with one attached hydrogen (secondary N) is 2. The smallest absolute Gasteiger partial charge is 0.187 e. The molecule has 5 rings (SSSR count). The minimum Gasteiger partial charge on any atom is -0.356 e. The first kappa shape index (κ1) is 15.1. The highest BCUT2D eigenvalue weighted by Gasteiger charge is 2.51. The molecule has 23 heavy (non-hydrogen) atoms. The van der Waals surface area contributed by atoms with Crippen molar-refractivity contribution in [2.45, 2.75) is 51.0 Å². The molecule has 4 aliphatic rings. The van der Waals surface area contributed by atoms with Gasteiger partial charge in [-0.15, -0.1) is 0 Å². The van der Waals surface area contributed by atoms with E-state index in [-0.39, 0.29) is 5.54 Å². The van der Waals surface area contributed by atoms with Crippen molar-refractivity contribution in [1.29, 1.82) is 0 Å². The molecule has 0 atom stereocenters. The van der Waals surface area contributed by atoms with Crippen LogP contribution >= 0.6 is 12.2 Å². The lowest BCUT2D eigenvalue weighted by atomic mass is 9.53. The third-order valence-corrected chi connectivity index (χ3v) is 6.01. The first-order valence-corrected chi connectivity index (χ1v) is 9.05. The Hall–Kier alpha value is -1.49. The van der Waals surface area contributed by atoms with Crippen molar-refractivity contribution >= 4 is 23.0 Å². The van der Waals surface area contributed by atoms with Gasteiger partial charge in [-0.2, -0.15) is 5.10 Å². The van der Waals surface area contributed by atoms with E-state index in [2.05, 4.69) is 20.8 Å². The predicted molar refractivity (Wildman–Crippen MR) is 96.2 cm³/mol. The fourth-order valence-corrected chi connectivity index (χ4v) is 5.57. The molecule has 5 heteroatoms. The van der Waals surface area contributed by atoms with Gasteiger partial charge in [0.1, 0.15) is 0 Å². The van der Waals surface area contributed by atoms with Crippen molar-refractivity contribution in [3.8, 4) is 0 Å². The fourth-order valence-electron chi connectivity index (χ4n) is 5.31. The van der Waals surface area contributed by atoms with Crippen LogP contribution in [0.15, 0.2) is 29.6 Å². The van der Waals surface area contributed by atoms with Crippen LogP contribution in [0.3, 0.4) is 0 Å². The van der Waals surface area contributed by atoms with E-state index < -0.39 is 0 Å². The summed E-state index contributed by atoms with van der Waals surface area (Å²) in [5.41, 5.74) is 5.18. The highest BCUT2D eigenvalue weighted by molar-refractivity contribution is 7.80. The first-order valence-electron chi connectivity index (χ1n) is 8.65. The highest BCUT2D eigenvalue weighted by Crippen LogP contribution is 2.55. The van der Waals surface area contributed by atoms with E-state index in [9.17, 15) is 0 Å². The molecule has 122 valence electrons. The Bertz CT molecular complexity index is 590. The van der Waals surface area contributed by atoms with Crippen molar-refractivity contribution in [2.75, 3.05) is 0 Å². The van der Waals surface area contributed by atoms with Crippen molar-refractivity contribution < 1.29 is 0 Å². The molecule has 4 aliphatic carbocycles. The van der Waals surface area contributed by atoms with Crippen LogP contribution in [-0.2, 0) is 0 Å². The summed E-state index contributed by atoms with van der Waals surface area (Å²) in [5, 5.41) is 8.71. The van der Waals surface area contributed by atoms with Gasteiger partial charge in [0.2, 0.25) is 0 Å². The zero-order valence-corrected chi connectivity index (χ0v) is 14.4. The van der Waals surface area contributed by atoms with E-state index in [4.69, 9.17) is 12.2 Å². The van der Waals surface area contributed by atoms with Gasteiger partial charge < -0.3 is 5.32 Å². The van der Waals surface area contributed by atoms with E-state index in [0.29, 0.717) is 5.11 Å². The van der Waals surface area contributed by atoms with Crippen LogP contribution in [0.4, 0.5) is 0 Å². The van der Waals surface area contributed by atoms with Crippen LogP contribution in [0.1, 0.15) is 51.0 Å². The van der Waals surface area contributed by atoms with Crippen molar-refractivity contribution in [2.24, 2.45) is 22.9 Å². The largest absolute Gasteiger partial charge is 0.356 e. The molecule has 0 amide bonds. The van der Waals surface area contributed by atoms with E-state index in [0.717, 1.165) is 29.0 Å². The Labute approximate surface area is 143 Å². The summed E-state index contributed by atoms with van der Waals surface area (Å²) in [6, 6.07) is 3.92. The number of thiocarbonyl (C=S) groups is 1. The maximum absolute atomic E-state index is 5.51. The molecule has 0 spiro atoms. The lowest BCUT2D eigenvalue weighted by Gasteiger charge is -2.57. The molecule has 1 aromatic heterocycles. The lowest BCUT2D eigenvalue weighted by Crippen LogP contribution is -2.61. The van der Waals surface area contributed by atoms with Crippen molar-refractivity contribution in [1.82, 2.24) is 15.7 Å². The van der Waals surface area contributed by atoms with Gasteiger partial charge in [-0.25, -0.2) is 0 Å². The molecule has 4 nitrogen and oxygen atoms in total. The lowest BCUT2D eigenvalue weighted by molar-refractivity contribution is -0.0101. The van der Waals surface area contributed by atoms with Crippen LogP contribution < -0.4 is 10.7 Å². The van der Waals surface area contributed by atoms with E-state index in [1.54, 1.807) is 6.20 Å². The summed E-state index contributed by atoms with van der Waals surface area (Å²) in [5.74, 6) is 2.74. The molecule has 1 aromatic rings. The Morgan fingerprint density at radius 1 is 1.22 bits per heavy atom. The Kier molecular flexibility index (Phi) is 3.84. The van der Waals surface area contributed by atoms with Gasteiger partial charge in [0, 0.05) is 23.5 Å². The number of aromatic nitrogens is 1. The predicted octanol–water partition coefficient (Wildman–Crippen LogP) is 3.24. The summed E-state index contributed by atoms with van der Waals surface area (Å²) in [7, 11) is 0. The molecular weight excluding hydrogens is 304 g/mol. The van der Waals surface area contributed by atoms with Gasteiger partial charge in [-0.1, -0.05) is 6.07 Å². The van der Waals surface area contributed by atoms with Gasteiger partial charge in [0.15, 0.2) is 5.11 Å². The number of hydrogen-bond donors (Lipinski definition) is 2. The minimum atomic E-state index is 0.233. The van der Waals surface area contributed by atoms with Gasteiger partial charge in [0.05, 0.1) is 5.71 Å². The molecular formula is C18H24N4S. The molecule has 4 bridgehead atoms. The maximum atomic E-state index is 5.51. The van der Waals surface area contributed by atoms with Crippen LogP contribution in [0.25, 0.3) is 0 Å². The van der Waals surface area contributed by atoms with Gasteiger partial charge >= 0.3 is 0 Å². The molecule has 4 saturated carbocycles. The zero-order chi connectivity index (χ0) is 15.9. The van der Waals surface area contributed by atoms with Crippen molar-refractivity contribution in [3.05, 3.63) is 30.1 Å². The first-order chi connectivity index (χ1) is 11.1. The Balaban J connectivity index is 1.39. The third kappa shape index (κ3) is 3.11. The molecule has 0 radical (unpaired) electrons. The van der Waals surface area contributed by atoms with Crippen molar-refractivity contribution in [3.63, 3.8) is 0 Å². The van der Waals surface area contributed by atoms with Crippen LogP contribution in [0, 0.1) is 17.8 Å². The maximum Gasteiger partial charge on any atom is 0.187 e. The fraction of sp³-hybridized carbons (Fsp3) is 0.611. The van der Waals surface area contributed by atoms with Gasteiger partial charge in [-0.05, 0) is 81.5 Å². The Morgan fingerprint density at radius 3 is 2.43 bits per heavy atom. The van der Waals surface area contributed by atoms with E-state index in [1.165, 1.54) is 38.5 Å². The Morgan fingerprint density at radius 2 is 1.87 bits per heavy atom. The standard InChI is InChI=1S/C18H24N4S/c1-12(16-3-2-4-19-11-16)21-22-17(23)20-18-8-13-5-14(9-18)7-15(6-13)10-18/h2-4,11,13-15H,5-10H2,1H3,(H2,20,22,23)/b21-12+. The molecule has 0 saturated heterocycles. The molecule has 0 unspecified atom stereocenters. The second-order valence-corrected chi connectivity index (χ2v) is 8.11. The quantitative estimate of drug-likeness (QED) is 0.508. The SMILES string of the molecule is C/C(=N\NC(=S)NC12CC3CC(CC(C3)C1)C2)c1cccnc1. The number of hydrogen-bond acceptors (Lipinski definition) is 3. The molecule has 4 fully saturated rings. The van der Waals surface area contributed by atoms with Gasteiger partial charge in [0.25, 0.3) is 0 Å². The number of rotatable bonds is 3. The summed E-state index contributed by atoms with van der Waals surface area (Å²) in [6.07, 6.45) is 11.8. The number of hydrazone groups is 1. The monoisotopic (exact) mass is 328 g/mol. The van der Waals surface area contributed by atoms with E-state index in [1.807, 2.05) is 25.3 Å². The molecule has 2 N–H and O–H groups in total. The van der Waals surface area contributed by atoms with Crippen LogP contribution in [0.5, 0.6) is 0 Å². The summed E-state index contributed by atoms with van der Waals surface area (Å²) < 4.78 is 0. The minimum absolute atomic E-state index is 0.233. The summed E-state index contributed by atoms with van der Waals surface area (Å²) in [6.45, 7) is 1.97. The highest BCUT2D eigenvalue weighted by atomic mass is 32.1. The molecule has 0 aromatic carbocycles. The molecule has 0 aliphatic heterocycles. The second kappa shape index (κ2) is 5.86. The number of pyridine rings is 1. The van der Waals surface area contributed by atoms with Crippen LogP contribution in [-0.4, -0.2) is 21.3 Å². The second-order valence-electron chi connectivity index (χ2n) is 7.70. The van der Waals surface area contributed by atoms with Crippen LogP contribution in [0.2, 0.25) is 0 Å². The topological polar surface area (TPSA) is 49.3 Å². The normalized spacial score (nSPS) is 35.2. The number of nitrogens with zero attached hydrogens (tertiary/aromatic N) is 2. The zero-order valence-electron chi connectivity index (χ0n) is 13.6. The van der Waals surface area contributed by atoms with Gasteiger partial charge in [-0.3, -0.25) is 10.4 Å². The third-order valence-electron chi connectivity index (χ3n) is 5.82. The average molecular weight is 328 g/mol. The average Bonchev–Trinajstić information content (AvgIpc) is 2.51. The summed E-state index contributed by atoms with van der Waals surface area (Å²) >= 11 is 5.51.